The van der Waals surface area contributed by atoms with Crippen LogP contribution in [0.5, 0.6) is 0 Å². The molecule has 0 saturated carbocycles. The van der Waals surface area contributed by atoms with Crippen LogP contribution in [0.3, 0.4) is 0 Å². The number of sulfonamides is 1. The Labute approximate surface area is 123 Å². The number of hydrogen-bond acceptors (Lipinski definition) is 3. The Bertz CT molecular complexity index is 728. The summed E-state index contributed by atoms with van der Waals surface area (Å²) in [5.41, 5.74) is 6.66. The predicted molar refractivity (Wildman–Crippen MR) is 82.1 cm³/mol. The van der Waals surface area contributed by atoms with Gasteiger partial charge in [0.2, 0.25) is 0 Å². The van der Waals surface area contributed by atoms with Crippen LogP contribution in [0, 0.1) is 5.82 Å². The maximum Gasteiger partial charge on any atom is 0.264 e. The van der Waals surface area contributed by atoms with Gasteiger partial charge in [-0.25, -0.2) is 12.8 Å². The summed E-state index contributed by atoms with van der Waals surface area (Å²) >= 11 is 0. The standard InChI is InChI=1S/C15H17FN2O2S/c1-2-4-11-7-9-12(10-8-11)18-21(19,20)14-6-3-5-13(16)15(14)17/h3,5-10,18H,2,4,17H2,1H3. The molecule has 0 aliphatic rings. The van der Waals surface area contributed by atoms with Crippen LogP contribution in [0.4, 0.5) is 15.8 Å². The number of halogens is 1. The highest BCUT2D eigenvalue weighted by molar-refractivity contribution is 7.92. The second kappa shape index (κ2) is 6.13. The highest BCUT2D eigenvalue weighted by Gasteiger charge is 2.19. The zero-order valence-electron chi connectivity index (χ0n) is 11.6. The van der Waals surface area contributed by atoms with Gasteiger partial charge in [0, 0.05) is 5.69 Å². The van der Waals surface area contributed by atoms with Crippen molar-refractivity contribution >= 4 is 21.4 Å². The van der Waals surface area contributed by atoms with E-state index in [1.54, 1.807) is 12.1 Å². The average Bonchev–Trinajstić information content (AvgIpc) is 2.44. The Morgan fingerprint density at radius 2 is 1.81 bits per heavy atom. The topological polar surface area (TPSA) is 72.2 Å². The smallest absolute Gasteiger partial charge is 0.264 e. The molecule has 0 amide bonds. The lowest BCUT2D eigenvalue weighted by molar-refractivity contribution is 0.597. The van der Waals surface area contributed by atoms with E-state index in [9.17, 15) is 12.8 Å². The van der Waals surface area contributed by atoms with Gasteiger partial charge in [0.25, 0.3) is 10.0 Å². The maximum atomic E-state index is 13.4. The number of hydrogen-bond donors (Lipinski definition) is 2. The molecule has 4 nitrogen and oxygen atoms in total. The van der Waals surface area contributed by atoms with Crippen molar-refractivity contribution < 1.29 is 12.8 Å². The zero-order valence-corrected chi connectivity index (χ0v) is 12.5. The third-order valence-electron chi connectivity index (χ3n) is 3.05. The fourth-order valence-corrected chi connectivity index (χ4v) is 3.19. The monoisotopic (exact) mass is 308 g/mol. The van der Waals surface area contributed by atoms with Crippen LogP contribution in [0.25, 0.3) is 0 Å². The van der Waals surface area contributed by atoms with Gasteiger partial charge in [-0.2, -0.15) is 0 Å². The van der Waals surface area contributed by atoms with E-state index in [0.29, 0.717) is 5.69 Å². The third kappa shape index (κ3) is 3.52. The van der Waals surface area contributed by atoms with Crippen LogP contribution < -0.4 is 10.5 Å². The molecule has 0 bridgehead atoms. The molecule has 0 unspecified atom stereocenters. The average molecular weight is 308 g/mol. The number of rotatable bonds is 5. The molecule has 0 atom stereocenters. The number of nitrogen functional groups attached to an aromatic ring is 1. The molecule has 0 aliphatic heterocycles. The molecule has 6 heteroatoms. The number of benzene rings is 2. The van der Waals surface area contributed by atoms with Crippen LogP contribution in [-0.4, -0.2) is 8.42 Å². The van der Waals surface area contributed by atoms with Gasteiger partial charge in [-0.1, -0.05) is 31.5 Å². The molecule has 0 spiro atoms. The van der Waals surface area contributed by atoms with Crippen molar-refractivity contribution in [2.75, 3.05) is 10.5 Å². The highest BCUT2D eigenvalue weighted by Crippen LogP contribution is 2.23. The quantitative estimate of drug-likeness (QED) is 0.833. The molecule has 0 radical (unpaired) electrons. The second-order valence-corrected chi connectivity index (χ2v) is 6.35. The molecule has 21 heavy (non-hydrogen) atoms. The van der Waals surface area contributed by atoms with Crippen molar-refractivity contribution in [2.24, 2.45) is 0 Å². The van der Waals surface area contributed by atoms with Crippen LogP contribution in [0.15, 0.2) is 47.4 Å². The Hall–Kier alpha value is -2.08. The van der Waals surface area contributed by atoms with Gasteiger partial charge in [-0.3, -0.25) is 4.72 Å². The minimum atomic E-state index is -3.91. The van der Waals surface area contributed by atoms with E-state index in [4.69, 9.17) is 5.73 Å². The normalized spacial score (nSPS) is 11.3. The molecule has 2 rings (SSSR count). The highest BCUT2D eigenvalue weighted by atomic mass is 32.2. The van der Waals surface area contributed by atoms with Gasteiger partial charge in [0.05, 0.1) is 5.69 Å². The summed E-state index contributed by atoms with van der Waals surface area (Å²) in [6, 6.07) is 10.8. The number of anilines is 2. The first-order valence-electron chi connectivity index (χ1n) is 6.60. The van der Waals surface area contributed by atoms with E-state index >= 15 is 0 Å². The molecule has 3 N–H and O–H groups in total. The Morgan fingerprint density at radius 1 is 1.14 bits per heavy atom. The Morgan fingerprint density at radius 3 is 2.43 bits per heavy atom. The van der Waals surface area contributed by atoms with E-state index in [0.717, 1.165) is 24.5 Å². The molecular formula is C15H17FN2O2S. The Kier molecular flexibility index (Phi) is 4.47. The van der Waals surface area contributed by atoms with Crippen molar-refractivity contribution in [1.82, 2.24) is 0 Å². The van der Waals surface area contributed by atoms with Crippen LogP contribution in [0.2, 0.25) is 0 Å². The van der Waals surface area contributed by atoms with Gasteiger partial charge in [0.1, 0.15) is 10.7 Å². The summed E-state index contributed by atoms with van der Waals surface area (Å²) in [5.74, 6) is -0.754. The van der Waals surface area contributed by atoms with Gasteiger partial charge >= 0.3 is 0 Å². The third-order valence-corrected chi connectivity index (χ3v) is 4.49. The lowest BCUT2D eigenvalue weighted by Crippen LogP contribution is -2.15. The minimum Gasteiger partial charge on any atom is -0.395 e. The first-order valence-corrected chi connectivity index (χ1v) is 8.08. The van der Waals surface area contributed by atoms with Crippen molar-refractivity contribution in [3.63, 3.8) is 0 Å². The minimum absolute atomic E-state index is 0.264. The van der Waals surface area contributed by atoms with E-state index in [2.05, 4.69) is 11.6 Å². The van der Waals surface area contributed by atoms with Crippen molar-refractivity contribution in [3.8, 4) is 0 Å². The number of nitrogens with two attached hydrogens (primary N) is 1. The van der Waals surface area contributed by atoms with Gasteiger partial charge in [-0.05, 0) is 36.2 Å². The molecule has 0 heterocycles. The number of aryl methyl sites for hydroxylation is 1. The maximum absolute atomic E-state index is 13.4. The lowest BCUT2D eigenvalue weighted by Gasteiger charge is -2.11. The summed E-state index contributed by atoms with van der Waals surface area (Å²) in [4.78, 5) is -0.264. The van der Waals surface area contributed by atoms with E-state index < -0.39 is 15.8 Å². The van der Waals surface area contributed by atoms with Crippen molar-refractivity contribution in [2.45, 2.75) is 24.7 Å². The zero-order chi connectivity index (χ0) is 15.5. The largest absolute Gasteiger partial charge is 0.395 e. The van der Waals surface area contributed by atoms with Gasteiger partial charge in [0.15, 0.2) is 0 Å². The first kappa shape index (κ1) is 15.3. The summed E-state index contributed by atoms with van der Waals surface area (Å²) < 4.78 is 40.2. The molecule has 2 aromatic carbocycles. The van der Waals surface area contributed by atoms with E-state index in [-0.39, 0.29) is 10.6 Å². The molecular weight excluding hydrogens is 291 g/mol. The van der Waals surface area contributed by atoms with E-state index in [1.165, 1.54) is 12.1 Å². The molecule has 0 aliphatic carbocycles. The molecule has 0 aromatic heterocycles. The van der Waals surface area contributed by atoms with Crippen LogP contribution in [0.1, 0.15) is 18.9 Å². The van der Waals surface area contributed by atoms with Gasteiger partial charge in [-0.15, -0.1) is 0 Å². The first-order chi connectivity index (χ1) is 9.94. The van der Waals surface area contributed by atoms with Crippen molar-refractivity contribution in [1.29, 1.82) is 0 Å². The number of nitrogens with one attached hydrogen (secondary N) is 1. The lowest BCUT2D eigenvalue weighted by atomic mass is 10.1. The molecule has 112 valence electrons. The predicted octanol–water partition coefficient (Wildman–Crippen LogP) is 3.16. The second-order valence-electron chi connectivity index (χ2n) is 4.70. The number of para-hydroxylation sites is 1. The fourth-order valence-electron chi connectivity index (χ4n) is 1.99. The van der Waals surface area contributed by atoms with E-state index in [1.807, 2.05) is 12.1 Å². The summed E-state index contributed by atoms with van der Waals surface area (Å²) in [5, 5.41) is 0. The summed E-state index contributed by atoms with van der Waals surface area (Å²) in [7, 11) is -3.91. The fraction of sp³-hybridized carbons (Fsp3) is 0.200. The summed E-state index contributed by atoms with van der Waals surface area (Å²) in [6.07, 6.45) is 1.95. The summed E-state index contributed by atoms with van der Waals surface area (Å²) in [6.45, 7) is 2.07. The molecule has 0 saturated heterocycles. The van der Waals surface area contributed by atoms with Crippen molar-refractivity contribution in [3.05, 3.63) is 53.8 Å². The van der Waals surface area contributed by atoms with Crippen LogP contribution >= 0.6 is 0 Å². The van der Waals surface area contributed by atoms with Crippen LogP contribution in [-0.2, 0) is 16.4 Å². The Balaban J connectivity index is 2.27. The molecule has 2 aromatic rings. The van der Waals surface area contributed by atoms with Gasteiger partial charge < -0.3 is 5.73 Å². The SMILES string of the molecule is CCCc1ccc(NS(=O)(=O)c2cccc(F)c2N)cc1. The molecule has 0 fully saturated rings.